The third-order valence-electron chi connectivity index (χ3n) is 4.62. The number of hydrogen-bond donors (Lipinski definition) is 2. The molecule has 0 saturated heterocycles. The van der Waals surface area contributed by atoms with Gasteiger partial charge in [-0.1, -0.05) is 24.5 Å². The second-order valence-corrected chi connectivity index (χ2v) is 5.98. The van der Waals surface area contributed by atoms with E-state index < -0.39 is 5.97 Å². The highest BCUT2D eigenvalue weighted by Crippen LogP contribution is 2.55. The zero-order chi connectivity index (χ0) is 14.3. The number of fused-ring (bicyclic) bond motifs is 1. The van der Waals surface area contributed by atoms with Gasteiger partial charge in [0.1, 0.15) is 0 Å². The van der Waals surface area contributed by atoms with Gasteiger partial charge in [-0.2, -0.15) is 0 Å². The molecule has 2 N–H and O–H groups in total. The Bertz CT molecular complexity index is 555. The number of carbonyl (C=O) groups excluding carboxylic acids is 1. The summed E-state index contributed by atoms with van der Waals surface area (Å²) in [5.41, 5.74) is 1.46. The fraction of sp³-hybridized carbons (Fsp3) is 0.500. The number of carbonyl (C=O) groups is 2. The minimum absolute atomic E-state index is 0.00625. The first-order valence-corrected chi connectivity index (χ1v) is 7.23. The summed E-state index contributed by atoms with van der Waals surface area (Å²) in [7, 11) is 0. The molecule has 0 aromatic heterocycles. The van der Waals surface area contributed by atoms with Crippen molar-refractivity contribution in [3.8, 4) is 0 Å². The van der Waals surface area contributed by atoms with Gasteiger partial charge in [0.05, 0.1) is 11.3 Å². The van der Waals surface area contributed by atoms with Crippen LogP contribution in [0.2, 0.25) is 0 Å². The van der Waals surface area contributed by atoms with Crippen LogP contribution in [0.1, 0.15) is 41.6 Å². The number of aryl methyl sites for hydroxylation is 1. The SMILES string of the molecule is Cc1ccc(NC(=O)C2C3CCCCC32)c(C(=O)O)c1. The van der Waals surface area contributed by atoms with Crippen LogP contribution in [0.3, 0.4) is 0 Å². The van der Waals surface area contributed by atoms with E-state index in [9.17, 15) is 14.7 Å². The molecule has 2 saturated carbocycles. The predicted octanol–water partition coefficient (Wildman–Crippen LogP) is 3.07. The Morgan fingerprint density at radius 1 is 1.20 bits per heavy atom. The van der Waals surface area contributed by atoms with E-state index in [-0.39, 0.29) is 17.4 Å². The summed E-state index contributed by atoms with van der Waals surface area (Å²) in [5, 5.41) is 12.0. The van der Waals surface area contributed by atoms with E-state index in [0.29, 0.717) is 17.5 Å². The Balaban J connectivity index is 1.75. The Morgan fingerprint density at radius 3 is 2.45 bits per heavy atom. The minimum atomic E-state index is -1.00. The lowest BCUT2D eigenvalue weighted by atomic mass is 10.0. The van der Waals surface area contributed by atoms with Gasteiger partial charge >= 0.3 is 5.97 Å². The van der Waals surface area contributed by atoms with Gasteiger partial charge in [-0.05, 0) is 43.7 Å². The monoisotopic (exact) mass is 273 g/mol. The van der Waals surface area contributed by atoms with Gasteiger partial charge < -0.3 is 10.4 Å². The van der Waals surface area contributed by atoms with Crippen LogP contribution in [-0.2, 0) is 4.79 Å². The van der Waals surface area contributed by atoms with Gasteiger partial charge in [-0.15, -0.1) is 0 Å². The molecule has 2 aliphatic carbocycles. The summed E-state index contributed by atoms with van der Waals surface area (Å²) in [6.07, 6.45) is 4.72. The van der Waals surface area contributed by atoms with Crippen molar-refractivity contribution in [1.82, 2.24) is 0 Å². The number of amides is 1. The van der Waals surface area contributed by atoms with Gasteiger partial charge in [0.25, 0.3) is 0 Å². The molecule has 1 aromatic rings. The quantitative estimate of drug-likeness (QED) is 0.889. The zero-order valence-electron chi connectivity index (χ0n) is 11.6. The average molecular weight is 273 g/mol. The fourth-order valence-corrected chi connectivity index (χ4v) is 3.54. The number of aromatic carboxylic acids is 1. The van der Waals surface area contributed by atoms with Gasteiger partial charge in [-0.25, -0.2) is 4.79 Å². The van der Waals surface area contributed by atoms with Crippen molar-refractivity contribution in [2.24, 2.45) is 17.8 Å². The summed E-state index contributed by atoms with van der Waals surface area (Å²) in [4.78, 5) is 23.5. The standard InChI is InChI=1S/C16H19NO3/c1-9-6-7-13(12(8-9)16(19)20)17-15(18)14-10-4-2-3-5-11(10)14/h6-8,10-11,14H,2-5H2,1H3,(H,17,18)(H,19,20). The molecule has 1 aromatic carbocycles. The van der Waals surface area contributed by atoms with Crippen molar-refractivity contribution in [3.05, 3.63) is 29.3 Å². The van der Waals surface area contributed by atoms with Crippen LogP contribution in [0.5, 0.6) is 0 Å². The van der Waals surface area contributed by atoms with Crippen LogP contribution < -0.4 is 5.32 Å². The van der Waals surface area contributed by atoms with Crippen LogP contribution in [0.4, 0.5) is 5.69 Å². The smallest absolute Gasteiger partial charge is 0.337 e. The molecule has 2 aliphatic rings. The molecule has 106 valence electrons. The maximum absolute atomic E-state index is 12.3. The summed E-state index contributed by atoms with van der Waals surface area (Å²) in [6.45, 7) is 1.84. The summed E-state index contributed by atoms with van der Waals surface area (Å²) in [5.74, 6) is 0.149. The summed E-state index contributed by atoms with van der Waals surface area (Å²) in [6, 6.07) is 5.10. The number of hydrogen-bond acceptors (Lipinski definition) is 2. The van der Waals surface area contributed by atoms with Crippen molar-refractivity contribution in [2.45, 2.75) is 32.6 Å². The van der Waals surface area contributed by atoms with Crippen LogP contribution >= 0.6 is 0 Å². The van der Waals surface area contributed by atoms with E-state index in [1.165, 1.54) is 12.8 Å². The molecule has 2 unspecified atom stereocenters. The lowest BCUT2D eigenvalue weighted by Crippen LogP contribution is -2.17. The Labute approximate surface area is 118 Å². The van der Waals surface area contributed by atoms with E-state index in [2.05, 4.69) is 5.32 Å². The molecule has 20 heavy (non-hydrogen) atoms. The Hall–Kier alpha value is -1.84. The third-order valence-corrected chi connectivity index (χ3v) is 4.62. The number of anilines is 1. The van der Waals surface area contributed by atoms with Crippen LogP contribution in [0.15, 0.2) is 18.2 Å². The molecule has 0 radical (unpaired) electrons. The van der Waals surface area contributed by atoms with Gasteiger partial charge in [0, 0.05) is 5.92 Å². The predicted molar refractivity (Wildman–Crippen MR) is 75.7 cm³/mol. The summed E-state index contributed by atoms with van der Waals surface area (Å²) >= 11 is 0. The molecular formula is C16H19NO3. The first kappa shape index (κ1) is 13.2. The van der Waals surface area contributed by atoms with Crippen molar-refractivity contribution in [3.63, 3.8) is 0 Å². The van der Waals surface area contributed by atoms with E-state index in [1.54, 1.807) is 12.1 Å². The van der Waals surface area contributed by atoms with Crippen molar-refractivity contribution < 1.29 is 14.7 Å². The van der Waals surface area contributed by atoms with Gasteiger partial charge in [0.15, 0.2) is 0 Å². The molecule has 1 amide bonds. The molecule has 2 fully saturated rings. The zero-order valence-corrected chi connectivity index (χ0v) is 11.6. The van der Waals surface area contributed by atoms with E-state index in [1.807, 2.05) is 13.0 Å². The summed E-state index contributed by atoms with van der Waals surface area (Å²) < 4.78 is 0. The van der Waals surface area contributed by atoms with Crippen molar-refractivity contribution >= 4 is 17.6 Å². The molecule has 0 heterocycles. The van der Waals surface area contributed by atoms with E-state index >= 15 is 0 Å². The van der Waals surface area contributed by atoms with Crippen molar-refractivity contribution in [2.75, 3.05) is 5.32 Å². The first-order valence-electron chi connectivity index (χ1n) is 7.23. The van der Waals surface area contributed by atoms with Crippen LogP contribution in [0, 0.1) is 24.7 Å². The highest BCUT2D eigenvalue weighted by Gasteiger charge is 2.54. The highest BCUT2D eigenvalue weighted by atomic mass is 16.4. The third kappa shape index (κ3) is 2.30. The molecular weight excluding hydrogens is 254 g/mol. The molecule has 3 rings (SSSR count). The maximum Gasteiger partial charge on any atom is 0.337 e. The number of carboxylic acid groups (broad SMARTS) is 1. The normalized spacial score (nSPS) is 27.6. The highest BCUT2D eigenvalue weighted by molar-refractivity contribution is 6.02. The molecule has 0 bridgehead atoms. The largest absolute Gasteiger partial charge is 0.478 e. The molecule has 2 atom stereocenters. The molecule has 0 spiro atoms. The lowest BCUT2D eigenvalue weighted by molar-refractivity contribution is -0.117. The Morgan fingerprint density at radius 2 is 1.85 bits per heavy atom. The number of carboxylic acids is 1. The van der Waals surface area contributed by atoms with Crippen LogP contribution in [-0.4, -0.2) is 17.0 Å². The number of nitrogens with one attached hydrogen (secondary N) is 1. The van der Waals surface area contributed by atoms with Crippen LogP contribution in [0.25, 0.3) is 0 Å². The second kappa shape index (κ2) is 4.93. The number of rotatable bonds is 3. The average Bonchev–Trinajstić information content (AvgIpc) is 3.15. The molecule has 0 aliphatic heterocycles. The van der Waals surface area contributed by atoms with Gasteiger partial charge in [-0.3, -0.25) is 4.79 Å². The maximum atomic E-state index is 12.3. The van der Waals surface area contributed by atoms with E-state index in [4.69, 9.17) is 0 Å². The van der Waals surface area contributed by atoms with Crippen molar-refractivity contribution in [1.29, 1.82) is 0 Å². The fourth-order valence-electron chi connectivity index (χ4n) is 3.54. The molecule has 4 nitrogen and oxygen atoms in total. The molecule has 4 heteroatoms. The van der Waals surface area contributed by atoms with E-state index in [0.717, 1.165) is 18.4 Å². The Kier molecular flexibility index (Phi) is 3.24. The second-order valence-electron chi connectivity index (χ2n) is 5.98. The minimum Gasteiger partial charge on any atom is -0.478 e. The van der Waals surface area contributed by atoms with Gasteiger partial charge in [0.2, 0.25) is 5.91 Å². The lowest BCUT2D eigenvalue weighted by Gasteiger charge is -2.09. The first-order chi connectivity index (χ1) is 9.58. The number of benzene rings is 1. The topological polar surface area (TPSA) is 66.4 Å².